The molecule has 1 saturated heterocycles. The summed E-state index contributed by atoms with van der Waals surface area (Å²) >= 11 is 0. The first kappa shape index (κ1) is 28.4. The third-order valence-electron chi connectivity index (χ3n) is 6.46. The van der Waals surface area contributed by atoms with E-state index in [1.54, 1.807) is 42.5 Å². The zero-order valence-corrected chi connectivity index (χ0v) is 22.1. The molecule has 0 aliphatic carbocycles. The third-order valence-corrected chi connectivity index (χ3v) is 8.31. The van der Waals surface area contributed by atoms with Crippen LogP contribution < -0.4 is 5.32 Å². The second-order valence-corrected chi connectivity index (χ2v) is 11.4. The van der Waals surface area contributed by atoms with Gasteiger partial charge < -0.3 is 14.6 Å². The molecule has 1 aliphatic heterocycles. The number of alkyl halides is 3. The van der Waals surface area contributed by atoms with Gasteiger partial charge in [-0.15, -0.1) is 0 Å². The number of carbonyl (C=O) groups excluding carboxylic acids is 2. The van der Waals surface area contributed by atoms with Gasteiger partial charge in [-0.1, -0.05) is 56.3 Å². The summed E-state index contributed by atoms with van der Waals surface area (Å²) in [6.07, 6.45) is -3.44. The lowest BCUT2D eigenvalue weighted by Crippen LogP contribution is -2.69. The largest absolute Gasteiger partial charge is 0.464 e. The van der Waals surface area contributed by atoms with Gasteiger partial charge in [0.1, 0.15) is 17.8 Å². The standard InChI is InChI=1S/C27H28F3N3O5S/c1-18(2)26(35)33-22(25(34)31-15-19-10-12-20(13-11-19)23-9-6-14-38-23)16-32(17-24(33)27(28,29)30)39(36,37)21-7-4-3-5-8-21/h3-14,18,22,24H,15-17H2,1-2H3,(H,31,34)/t22-,24+/m1/s1. The fourth-order valence-electron chi connectivity index (χ4n) is 4.40. The number of rotatable bonds is 7. The number of sulfonamides is 1. The molecule has 0 radical (unpaired) electrons. The molecule has 8 nitrogen and oxygen atoms in total. The monoisotopic (exact) mass is 563 g/mol. The Morgan fingerprint density at radius 3 is 2.23 bits per heavy atom. The van der Waals surface area contributed by atoms with Crippen LogP contribution in [-0.4, -0.2) is 60.8 Å². The highest BCUT2D eigenvalue weighted by atomic mass is 32.2. The minimum atomic E-state index is -4.98. The summed E-state index contributed by atoms with van der Waals surface area (Å²) in [6, 6.07) is 13.3. The number of amides is 2. The molecule has 4 rings (SSSR count). The predicted molar refractivity (Wildman–Crippen MR) is 137 cm³/mol. The Kier molecular flexibility index (Phi) is 8.17. The highest BCUT2D eigenvalue weighted by molar-refractivity contribution is 7.89. The molecular weight excluding hydrogens is 535 g/mol. The second-order valence-electron chi connectivity index (χ2n) is 9.50. The van der Waals surface area contributed by atoms with Crippen LogP contribution >= 0.6 is 0 Å². The molecular formula is C27H28F3N3O5S. The quantitative estimate of drug-likeness (QED) is 0.468. The number of nitrogens with one attached hydrogen (secondary N) is 1. The van der Waals surface area contributed by atoms with E-state index in [1.807, 2.05) is 0 Å². The van der Waals surface area contributed by atoms with Crippen LogP contribution in [0.25, 0.3) is 11.3 Å². The molecule has 1 aromatic heterocycles. The molecule has 2 amide bonds. The zero-order chi connectivity index (χ0) is 28.4. The van der Waals surface area contributed by atoms with Gasteiger partial charge in [-0.3, -0.25) is 9.59 Å². The Morgan fingerprint density at radius 1 is 1.00 bits per heavy atom. The molecule has 0 unspecified atom stereocenters. The van der Waals surface area contributed by atoms with E-state index >= 15 is 0 Å². The minimum Gasteiger partial charge on any atom is -0.464 e. The van der Waals surface area contributed by atoms with Crippen LogP contribution in [0.15, 0.2) is 82.3 Å². The van der Waals surface area contributed by atoms with Gasteiger partial charge in [-0.05, 0) is 29.8 Å². The normalized spacial score (nSPS) is 18.8. The first-order valence-electron chi connectivity index (χ1n) is 12.2. The molecule has 12 heteroatoms. The lowest BCUT2D eigenvalue weighted by Gasteiger charge is -2.46. The van der Waals surface area contributed by atoms with Crippen molar-refractivity contribution in [3.05, 3.63) is 78.6 Å². The average molecular weight is 564 g/mol. The van der Waals surface area contributed by atoms with E-state index in [2.05, 4.69) is 5.32 Å². The van der Waals surface area contributed by atoms with Crippen molar-refractivity contribution in [2.24, 2.45) is 5.92 Å². The van der Waals surface area contributed by atoms with Gasteiger partial charge in [0.2, 0.25) is 21.8 Å². The van der Waals surface area contributed by atoms with Crippen molar-refractivity contribution in [3.8, 4) is 11.3 Å². The lowest BCUT2D eigenvalue weighted by atomic mass is 10.0. The van der Waals surface area contributed by atoms with Crippen LogP contribution in [0.5, 0.6) is 0 Å². The summed E-state index contributed by atoms with van der Waals surface area (Å²) in [5, 5.41) is 2.59. The summed E-state index contributed by atoms with van der Waals surface area (Å²) in [6.45, 7) is 1.18. The van der Waals surface area contributed by atoms with Crippen molar-refractivity contribution in [1.82, 2.24) is 14.5 Å². The molecule has 208 valence electrons. The number of halogens is 3. The highest BCUT2D eigenvalue weighted by Gasteiger charge is 2.55. The molecule has 1 N–H and O–H groups in total. The van der Waals surface area contributed by atoms with Gasteiger partial charge in [0, 0.05) is 31.1 Å². The van der Waals surface area contributed by atoms with E-state index in [0.29, 0.717) is 20.5 Å². The molecule has 1 fully saturated rings. The maximum Gasteiger partial charge on any atom is 0.410 e. The maximum absolute atomic E-state index is 14.3. The number of nitrogens with zero attached hydrogens (tertiary/aromatic N) is 2. The smallest absolute Gasteiger partial charge is 0.410 e. The van der Waals surface area contributed by atoms with E-state index in [-0.39, 0.29) is 11.4 Å². The van der Waals surface area contributed by atoms with E-state index in [0.717, 1.165) is 5.56 Å². The van der Waals surface area contributed by atoms with Crippen molar-refractivity contribution in [3.63, 3.8) is 0 Å². The van der Waals surface area contributed by atoms with Gasteiger partial charge in [-0.2, -0.15) is 17.5 Å². The summed E-state index contributed by atoms with van der Waals surface area (Å²) < 4.78 is 75.3. The fraction of sp³-hybridized carbons (Fsp3) is 0.333. The summed E-state index contributed by atoms with van der Waals surface area (Å²) in [5.41, 5.74) is 1.45. The number of hydrogen-bond donors (Lipinski definition) is 1. The van der Waals surface area contributed by atoms with Crippen LogP contribution in [0.2, 0.25) is 0 Å². The predicted octanol–water partition coefficient (Wildman–Crippen LogP) is 4.05. The van der Waals surface area contributed by atoms with Crippen LogP contribution in [-0.2, 0) is 26.2 Å². The number of furan rings is 1. The van der Waals surface area contributed by atoms with Crippen LogP contribution in [0.1, 0.15) is 19.4 Å². The molecule has 3 aromatic rings. The van der Waals surface area contributed by atoms with Gasteiger partial charge in [-0.25, -0.2) is 8.42 Å². The highest BCUT2D eigenvalue weighted by Crippen LogP contribution is 2.34. The maximum atomic E-state index is 14.3. The zero-order valence-electron chi connectivity index (χ0n) is 21.3. The molecule has 0 spiro atoms. The van der Waals surface area contributed by atoms with Crippen LogP contribution in [0, 0.1) is 5.92 Å². The fourth-order valence-corrected chi connectivity index (χ4v) is 5.88. The van der Waals surface area contributed by atoms with Gasteiger partial charge in [0.25, 0.3) is 0 Å². The van der Waals surface area contributed by atoms with Crippen molar-refractivity contribution < 1.29 is 35.6 Å². The molecule has 1 aliphatic rings. The molecule has 0 saturated carbocycles. The minimum absolute atomic E-state index is 0.0421. The third kappa shape index (κ3) is 6.17. The first-order valence-corrected chi connectivity index (χ1v) is 13.7. The van der Waals surface area contributed by atoms with Gasteiger partial charge in [0.15, 0.2) is 0 Å². The molecule has 2 aromatic carbocycles. The van der Waals surface area contributed by atoms with E-state index in [4.69, 9.17) is 4.42 Å². The Bertz CT molecular complexity index is 1390. The van der Waals surface area contributed by atoms with Crippen LogP contribution in [0.4, 0.5) is 13.2 Å². The number of hydrogen-bond acceptors (Lipinski definition) is 5. The van der Waals surface area contributed by atoms with Gasteiger partial charge in [0.05, 0.1) is 11.2 Å². The topological polar surface area (TPSA) is 99.9 Å². The number of carbonyl (C=O) groups is 2. The summed E-state index contributed by atoms with van der Waals surface area (Å²) in [7, 11) is -4.38. The average Bonchev–Trinajstić information content (AvgIpc) is 3.46. The molecule has 2 atom stereocenters. The van der Waals surface area contributed by atoms with Crippen molar-refractivity contribution >= 4 is 21.8 Å². The van der Waals surface area contributed by atoms with E-state index < -0.39 is 59.1 Å². The first-order chi connectivity index (χ1) is 18.4. The number of piperazine rings is 1. The van der Waals surface area contributed by atoms with E-state index in [9.17, 15) is 31.2 Å². The Morgan fingerprint density at radius 2 is 1.67 bits per heavy atom. The Hall–Kier alpha value is -3.64. The summed E-state index contributed by atoms with van der Waals surface area (Å²) in [4.78, 5) is 26.6. The Balaban J connectivity index is 1.62. The molecule has 0 bridgehead atoms. The Labute approximate surface area is 224 Å². The summed E-state index contributed by atoms with van der Waals surface area (Å²) in [5.74, 6) is -1.98. The van der Waals surface area contributed by atoms with Gasteiger partial charge >= 0.3 is 6.18 Å². The van der Waals surface area contributed by atoms with Crippen molar-refractivity contribution in [2.75, 3.05) is 13.1 Å². The van der Waals surface area contributed by atoms with Crippen molar-refractivity contribution in [1.29, 1.82) is 0 Å². The number of benzene rings is 2. The SMILES string of the molecule is CC(C)C(=O)N1[C@@H](C(=O)NCc2ccc(-c3ccco3)cc2)CN(S(=O)(=O)c2ccccc2)C[C@H]1C(F)(F)F. The van der Waals surface area contributed by atoms with Crippen molar-refractivity contribution in [2.45, 2.75) is 43.5 Å². The van der Waals surface area contributed by atoms with E-state index in [1.165, 1.54) is 44.4 Å². The van der Waals surface area contributed by atoms with Crippen LogP contribution in [0.3, 0.4) is 0 Å². The molecule has 2 heterocycles. The lowest BCUT2D eigenvalue weighted by molar-refractivity contribution is -0.206. The second kappa shape index (κ2) is 11.2. The molecule has 39 heavy (non-hydrogen) atoms.